The van der Waals surface area contributed by atoms with Crippen molar-refractivity contribution in [2.45, 2.75) is 26.9 Å². The van der Waals surface area contributed by atoms with E-state index in [-0.39, 0.29) is 11.2 Å². The SMILES string of the molecule is CCn1c(=O)c2[nH]c(/C=C/c3ccc(OCCOC)c(OC)c3)nc2n(CC)c1=O. The number of hydrogen-bond donors (Lipinski definition) is 1. The van der Waals surface area contributed by atoms with Gasteiger partial charge in [-0.3, -0.25) is 13.9 Å². The predicted octanol–water partition coefficient (Wildman–Crippen LogP) is 2.13. The molecule has 0 saturated carbocycles. The van der Waals surface area contributed by atoms with E-state index < -0.39 is 0 Å². The van der Waals surface area contributed by atoms with Crippen molar-refractivity contribution in [1.82, 2.24) is 19.1 Å². The minimum Gasteiger partial charge on any atom is -0.493 e. The highest BCUT2D eigenvalue weighted by atomic mass is 16.5. The van der Waals surface area contributed by atoms with Crippen molar-refractivity contribution in [3.63, 3.8) is 0 Å². The molecule has 9 heteroatoms. The second kappa shape index (κ2) is 9.45. The van der Waals surface area contributed by atoms with E-state index in [1.807, 2.05) is 31.2 Å². The van der Waals surface area contributed by atoms with Crippen molar-refractivity contribution < 1.29 is 14.2 Å². The van der Waals surface area contributed by atoms with Crippen LogP contribution in [0, 0.1) is 0 Å². The lowest BCUT2D eigenvalue weighted by Crippen LogP contribution is -2.39. The van der Waals surface area contributed by atoms with Crippen molar-refractivity contribution >= 4 is 23.3 Å². The third kappa shape index (κ3) is 4.16. The molecular weight excluding hydrogens is 388 g/mol. The zero-order chi connectivity index (χ0) is 21.7. The van der Waals surface area contributed by atoms with Gasteiger partial charge < -0.3 is 19.2 Å². The van der Waals surface area contributed by atoms with Gasteiger partial charge in [0.05, 0.1) is 13.7 Å². The molecule has 0 aliphatic carbocycles. The lowest BCUT2D eigenvalue weighted by Gasteiger charge is -2.10. The first-order valence-corrected chi connectivity index (χ1v) is 9.75. The van der Waals surface area contributed by atoms with E-state index >= 15 is 0 Å². The molecule has 0 aliphatic rings. The van der Waals surface area contributed by atoms with E-state index in [9.17, 15) is 9.59 Å². The summed E-state index contributed by atoms with van der Waals surface area (Å²) in [7, 11) is 3.19. The average molecular weight is 414 g/mol. The summed E-state index contributed by atoms with van der Waals surface area (Å²) in [6.07, 6.45) is 3.59. The number of aromatic amines is 1. The standard InChI is InChI=1S/C21H26N4O5/c1-5-24-19-18(20(26)25(6-2)21(24)27)22-17(23-19)10-8-14-7-9-15(16(13-14)29-4)30-12-11-28-3/h7-10,13H,5-6,11-12H2,1-4H3,(H,22,23)/b10-8+. The molecule has 2 aromatic heterocycles. The molecule has 2 heterocycles. The summed E-state index contributed by atoms with van der Waals surface area (Å²) in [5.74, 6) is 1.71. The molecule has 0 bridgehead atoms. The molecule has 9 nitrogen and oxygen atoms in total. The van der Waals surface area contributed by atoms with Crippen molar-refractivity contribution in [3.05, 3.63) is 50.4 Å². The van der Waals surface area contributed by atoms with Gasteiger partial charge in [-0.1, -0.05) is 12.1 Å². The molecule has 0 atom stereocenters. The first-order chi connectivity index (χ1) is 14.5. The predicted molar refractivity (Wildman–Crippen MR) is 115 cm³/mol. The Kier molecular flexibility index (Phi) is 6.73. The normalized spacial score (nSPS) is 11.5. The molecule has 0 saturated heterocycles. The van der Waals surface area contributed by atoms with Crippen molar-refractivity contribution in [1.29, 1.82) is 0 Å². The Balaban J connectivity index is 1.93. The fourth-order valence-corrected chi connectivity index (χ4v) is 3.14. The summed E-state index contributed by atoms with van der Waals surface area (Å²) in [5, 5.41) is 0. The van der Waals surface area contributed by atoms with Crippen LogP contribution in [0.4, 0.5) is 0 Å². The summed E-state index contributed by atoms with van der Waals surface area (Å²) >= 11 is 0. The van der Waals surface area contributed by atoms with Crippen LogP contribution in [0.5, 0.6) is 11.5 Å². The molecule has 30 heavy (non-hydrogen) atoms. The molecule has 0 fully saturated rings. The monoisotopic (exact) mass is 414 g/mol. The maximum atomic E-state index is 12.6. The van der Waals surface area contributed by atoms with E-state index in [2.05, 4.69) is 9.97 Å². The zero-order valence-corrected chi connectivity index (χ0v) is 17.6. The number of aromatic nitrogens is 4. The number of hydrogen-bond acceptors (Lipinski definition) is 6. The van der Waals surface area contributed by atoms with Gasteiger partial charge in [0, 0.05) is 20.2 Å². The summed E-state index contributed by atoms with van der Waals surface area (Å²) in [6, 6.07) is 5.55. The van der Waals surface area contributed by atoms with Gasteiger partial charge in [-0.05, 0) is 37.6 Å². The van der Waals surface area contributed by atoms with E-state index in [0.29, 0.717) is 54.8 Å². The number of imidazole rings is 1. The van der Waals surface area contributed by atoms with E-state index in [1.54, 1.807) is 27.2 Å². The first kappa shape index (κ1) is 21.4. The van der Waals surface area contributed by atoms with E-state index in [1.165, 1.54) is 9.13 Å². The average Bonchev–Trinajstić information content (AvgIpc) is 3.18. The number of benzene rings is 1. The number of nitrogens with zero attached hydrogens (tertiary/aromatic N) is 3. The molecule has 0 unspecified atom stereocenters. The molecule has 1 N–H and O–H groups in total. The molecule has 3 aromatic rings. The van der Waals surface area contributed by atoms with Gasteiger partial charge in [0.15, 0.2) is 17.1 Å². The molecule has 0 aliphatic heterocycles. The number of nitrogens with one attached hydrogen (secondary N) is 1. The maximum absolute atomic E-state index is 12.6. The Morgan fingerprint density at radius 1 is 1.03 bits per heavy atom. The van der Waals surface area contributed by atoms with Gasteiger partial charge in [0.1, 0.15) is 17.9 Å². The van der Waals surface area contributed by atoms with Crippen LogP contribution in [0.15, 0.2) is 27.8 Å². The number of ether oxygens (including phenoxy) is 3. The maximum Gasteiger partial charge on any atom is 0.332 e. The summed E-state index contributed by atoms with van der Waals surface area (Å²) in [6.45, 7) is 5.25. The number of methoxy groups -OCH3 is 2. The van der Waals surface area contributed by atoms with Crippen LogP contribution in [0.1, 0.15) is 25.2 Å². The Bertz CT molecular complexity index is 1170. The largest absolute Gasteiger partial charge is 0.493 e. The molecule has 1 aromatic carbocycles. The molecule has 0 amide bonds. The Hall–Kier alpha value is -3.33. The van der Waals surface area contributed by atoms with E-state index in [4.69, 9.17) is 14.2 Å². The smallest absolute Gasteiger partial charge is 0.332 e. The van der Waals surface area contributed by atoms with Gasteiger partial charge >= 0.3 is 5.69 Å². The van der Waals surface area contributed by atoms with Crippen LogP contribution < -0.4 is 20.7 Å². The third-order valence-corrected chi connectivity index (χ3v) is 4.68. The second-order valence-corrected chi connectivity index (χ2v) is 6.48. The Morgan fingerprint density at radius 2 is 1.80 bits per heavy atom. The van der Waals surface area contributed by atoms with Crippen LogP contribution in [0.2, 0.25) is 0 Å². The van der Waals surface area contributed by atoms with E-state index in [0.717, 1.165) is 5.56 Å². The first-order valence-electron chi connectivity index (χ1n) is 9.75. The highest BCUT2D eigenvalue weighted by Gasteiger charge is 2.15. The number of H-pyrrole nitrogens is 1. The summed E-state index contributed by atoms with van der Waals surface area (Å²) in [5.41, 5.74) is 0.820. The Labute approximate surface area is 173 Å². The lowest BCUT2D eigenvalue weighted by molar-refractivity contribution is 0.144. The minimum absolute atomic E-state index is 0.302. The van der Waals surface area contributed by atoms with Gasteiger partial charge in [-0.2, -0.15) is 0 Å². The zero-order valence-electron chi connectivity index (χ0n) is 17.6. The molecule has 0 radical (unpaired) electrons. The molecule has 0 spiro atoms. The number of fused-ring (bicyclic) bond motifs is 1. The highest BCUT2D eigenvalue weighted by Crippen LogP contribution is 2.28. The van der Waals surface area contributed by atoms with Crippen molar-refractivity contribution in [2.75, 3.05) is 27.4 Å². The van der Waals surface area contributed by atoms with Crippen LogP contribution in [0.3, 0.4) is 0 Å². The van der Waals surface area contributed by atoms with Gasteiger partial charge in [0.2, 0.25) is 0 Å². The van der Waals surface area contributed by atoms with Crippen molar-refractivity contribution in [3.8, 4) is 11.5 Å². The molecular formula is C21H26N4O5. The topological polar surface area (TPSA) is 100 Å². The van der Waals surface area contributed by atoms with Crippen LogP contribution in [-0.2, 0) is 17.8 Å². The lowest BCUT2D eigenvalue weighted by atomic mass is 10.2. The number of rotatable bonds is 9. The van der Waals surface area contributed by atoms with Crippen LogP contribution >= 0.6 is 0 Å². The highest BCUT2D eigenvalue weighted by molar-refractivity contribution is 5.76. The second-order valence-electron chi connectivity index (χ2n) is 6.48. The number of aryl methyl sites for hydroxylation is 1. The van der Waals surface area contributed by atoms with Crippen LogP contribution in [0.25, 0.3) is 23.3 Å². The van der Waals surface area contributed by atoms with Gasteiger partial charge in [-0.25, -0.2) is 9.78 Å². The third-order valence-electron chi connectivity index (χ3n) is 4.68. The fraction of sp³-hybridized carbons (Fsp3) is 0.381. The van der Waals surface area contributed by atoms with Crippen molar-refractivity contribution in [2.24, 2.45) is 0 Å². The van der Waals surface area contributed by atoms with Gasteiger partial charge in [0.25, 0.3) is 5.56 Å². The van der Waals surface area contributed by atoms with Crippen LogP contribution in [-0.4, -0.2) is 46.5 Å². The minimum atomic E-state index is -0.367. The quantitative estimate of drug-likeness (QED) is 0.539. The summed E-state index contributed by atoms with van der Waals surface area (Å²) in [4.78, 5) is 32.5. The van der Waals surface area contributed by atoms with Gasteiger partial charge in [-0.15, -0.1) is 0 Å². The Morgan fingerprint density at radius 3 is 2.47 bits per heavy atom. The molecule has 160 valence electrons. The summed E-state index contributed by atoms with van der Waals surface area (Å²) < 4.78 is 18.7. The fourth-order valence-electron chi connectivity index (χ4n) is 3.14. The molecule has 3 rings (SSSR count).